The second kappa shape index (κ2) is 3.02. The summed E-state index contributed by atoms with van der Waals surface area (Å²) < 4.78 is 5.04. The van der Waals surface area contributed by atoms with Gasteiger partial charge in [0, 0.05) is 17.9 Å². The predicted octanol–water partition coefficient (Wildman–Crippen LogP) is 1.65. The molecule has 1 heterocycles. The molecular weight excluding hydrogens is 120 g/mol. The minimum atomic E-state index is 1.11. The van der Waals surface area contributed by atoms with Gasteiger partial charge in [0.15, 0.2) is 0 Å². The first kappa shape index (κ1) is 6.02. The smallest absolute Gasteiger partial charge is 0.0932 e. The number of hydrogen-bond acceptors (Lipinski definition) is 2. The van der Waals surface area contributed by atoms with Gasteiger partial charge in [0.1, 0.15) is 0 Å². The highest BCUT2D eigenvalue weighted by Crippen LogP contribution is 2.16. The molecule has 0 saturated heterocycles. The molecule has 0 fully saturated rings. The highest BCUT2D eigenvalue weighted by atomic mass is 32.2. The highest BCUT2D eigenvalue weighted by molar-refractivity contribution is 7.99. The molecule has 0 radical (unpaired) electrons. The van der Waals surface area contributed by atoms with Gasteiger partial charge in [-0.25, -0.2) is 0 Å². The molecule has 2 heteroatoms. The molecule has 1 rings (SSSR count). The molecule has 0 aromatic rings. The van der Waals surface area contributed by atoms with Crippen molar-refractivity contribution >= 4 is 11.8 Å². The van der Waals surface area contributed by atoms with Crippen molar-refractivity contribution in [2.24, 2.45) is 0 Å². The molecule has 1 aliphatic heterocycles. The molecule has 0 saturated carbocycles. The minimum absolute atomic E-state index is 1.11. The van der Waals surface area contributed by atoms with Crippen LogP contribution in [0, 0.1) is 0 Å². The van der Waals surface area contributed by atoms with E-state index in [0.29, 0.717) is 0 Å². The van der Waals surface area contributed by atoms with Gasteiger partial charge in [-0.3, -0.25) is 0 Å². The van der Waals surface area contributed by atoms with E-state index in [2.05, 4.69) is 6.08 Å². The van der Waals surface area contributed by atoms with Crippen LogP contribution in [-0.2, 0) is 4.74 Å². The van der Waals surface area contributed by atoms with Gasteiger partial charge in [-0.1, -0.05) is 0 Å². The van der Waals surface area contributed by atoms with Gasteiger partial charge in [0.2, 0.25) is 0 Å². The molecule has 0 unspecified atom stereocenters. The second-order valence-electron chi connectivity index (χ2n) is 1.70. The molecule has 0 aromatic heterocycles. The lowest BCUT2D eigenvalue weighted by molar-refractivity contribution is 0.280. The molecule has 0 spiro atoms. The third kappa shape index (κ3) is 1.44. The van der Waals surface area contributed by atoms with Crippen LogP contribution in [0.4, 0.5) is 0 Å². The van der Waals surface area contributed by atoms with Crippen LogP contribution in [0.2, 0.25) is 0 Å². The van der Waals surface area contributed by atoms with Crippen molar-refractivity contribution in [1.29, 1.82) is 0 Å². The first-order valence-corrected chi connectivity index (χ1v) is 3.89. The van der Waals surface area contributed by atoms with Crippen molar-refractivity contribution in [2.75, 3.05) is 18.6 Å². The van der Waals surface area contributed by atoms with Crippen LogP contribution in [0.5, 0.6) is 0 Å². The normalized spacial score (nSPS) is 19.9. The van der Waals surface area contributed by atoms with Crippen LogP contribution < -0.4 is 0 Å². The van der Waals surface area contributed by atoms with Gasteiger partial charge in [0.05, 0.1) is 12.9 Å². The van der Waals surface area contributed by atoms with Crippen LogP contribution >= 0.6 is 11.8 Å². The molecular formula is C6H10OS. The number of ether oxygens (including phenoxy) is 1. The van der Waals surface area contributed by atoms with Gasteiger partial charge in [-0.2, -0.15) is 11.8 Å². The zero-order valence-electron chi connectivity index (χ0n) is 5.02. The molecule has 0 amide bonds. The van der Waals surface area contributed by atoms with E-state index in [9.17, 15) is 0 Å². The molecule has 1 nitrogen and oxygen atoms in total. The van der Waals surface area contributed by atoms with E-state index in [1.165, 1.54) is 5.75 Å². The fourth-order valence-electron chi connectivity index (χ4n) is 0.695. The maximum atomic E-state index is 5.04. The Bertz CT molecular complexity index is 98.7. The van der Waals surface area contributed by atoms with Crippen molar-refractivity contribution in [2.45, 2.75) is 6.42 Å². The van der Waals surface area contributed by atoms with Crippen molar-refractivity contribution in [1.82, 2.24) is 0 Å². The Kier molecular flexibility index (Phi) is 2.27. The van der Waals surface area contributed by atoms with Crippen molar-refractivity contribution in [3.8, 4) is 0 Å². The van der Waals surface area contributed by atoms with E-state index < -0.39 is 0 Å². The predicted molar refractivity (Wildman–Crippen MR) is 37.0 cm³/mol. The van der Waals surface area contributed by atoms with Crippen LogP contribution in [-0.4, -0.2) is 18.6 Å². The molecule has 0 bridgehead atoms. The minimum Gasteiger partial charge on any atom is -0.501 e. The van der Waals surface area contributed by atoms with Crippen LogP contribution in [0.25, 0.3) is 0 Å². The average Bonchev–Trinajstić information content (AvgIpc) is 1.90. The lowest BCUT2D eigenvalue weighted by atomic mass is 10.4. The summed E-state index contributed by atoms with van der Waals surface area (Å²) in [6.45, 7) is 0. The quantitative estimate of drug-likeness (QED) is 0.534. The van der Waals surface area contributed by atoms with Gasteiger partial charge < -0.3 is 4.74 Å². The summed E-state index contributed by atoms with van der Waals surface area (Å²) in [5.41, 5.74) is 0. The van der Waals surface area contributed by atoms with E-state index in [1.807, 2.05) is 11.8 Å². The van der Waals surface area contributed by atoms with E-state index in [-0.39, 0.29) is 0 Å². The highest BCUT2D eigenvalue weighted by Gasteiger charge is 2.00. The summed E-state index contributed by atoms with van der Waals surface area (Å²) in [6.07, 6.45) is 3.26. The Morgan fingerprint density at radius 2 is 2.62 bits per heavy atom. The lowest BCUT2D eigenvalue weighted by Crippen LogP contribution is -1.96. The largest absolute Gasteiger partial charge is 0.501 e. The van der Waals surface area contributed by atoms with Gasteiger partial charge >= 0.3 is 0 Å². The van der Waals surface area contributed by atoms with Crippen LogP contribution in [0.3, 0.4) is 0 Å². The topological polar surface area (TPSA) is 9.23 Å². The number of thioether (sulfide) groups is 1. The summed E-state index contributed by atoms with van der Waals surface area (Å²) >= 11 is 1.96. The zero-order valence-corrected chi connectivity index (χ0v) is 5.83. The number of hydrogen-bond donors (Lipinski definition) is 0. The first-order valence-electron chi connectivity index (χ1n) is 2.74. The van der Waals surface area contributed by atoms with E-state index in [4.69, 9.17) is 4.74 Å². The molecule has 0 N–H and O–H groups in total. The van der Waals surface area contributed by atoms with E-state index in [1.54, 1.807) is 7.11 Å². The summed E-state index contributed by atoms with van der Waals surface area (Å²) in [5.74, 6) is 3.51. The van der Waals surface area contributed by atoms with Gasteiger partial charge in [0.25, 0.3) is 0 Å². The second-order valence-corrected chi connectivity index (χ2v) is 2.85. The van der Waals surface area contributed by atoms with E-state index in [0.717, 1.165) is 17.9 Å². The Morgan fingerprint density at radius 1 is 1.75 bits per heavy atom. The third-order valence-electron chi connectivity index (χ3n) is 1.18. The summed E-state index contributed by atoms with van der Waals surface area (Å²) in [4.78, 5) is 0. The Hall–Kier alpha value is -0.110. The number of allylic oxidation sites excluding steroid dienone is 1. The monoisotopic (exact) mass is 130 g/mol. The maximum Gasteiger partial charge on any atom is 0.0932 e. The van der Waals surface area contributed by atoms with Crippen LogP contribution in [0.15, 0.2) is 11.8 Å². The summed E-state index contributed by atoms with van der Waals surface area (Å²) in [5, 5.41) is 0. The Balaban J connectivity index is 2.37. The van der Waals surface area contributed by atoms with E-state index >= 15 is 0 Å². The molecule has 0 atom stereocenters. The van der Waals surface area contributed by atoms with Crippen LogP contribution in [0.1, 0.15) is 6.42 Å². The number of methoxy groups -OCH3 is 1. The third-order valence-corrected chi connectivity index (χ3v) is 2.08. The molecule has 8 heavy (non-hydrogen) atoms. The van der Waals surface area contributed by atoms with Crippen molar-refractivity contribution in [3.63, 3.8) is 0 Å². The summed E-state index contributed by atoms with van der Waals surface area (Å²) in [7, 11) is 1.74. The average molecular weight is 130 g/mol. The fourth-order valence-corrected chi connectivity index (χ4v) is 1.51. The first-order chi connectivity index (χ1) is 3.93. The van der Waals surface area contributed by atoms with Crippen molar-refractivity contribution < 1.29 is 4.74 Å². The Morgan fingerprint density at radius 3 is 3.00 bits per heavy atom. The molecule has 0 aliphatic carbocycles. The van der Waals surface area contributed by atoms with Gasteiger partial charge in [-0.05, 0) is 6.08 Å². The fraction of sp³-hybridized carbons (Fsp3) is 0.667. The summed E-state index contributed by atoms with van der Waals surface area (Å²) in [6, 6.07) is 0. The molecule has 0 aromatic carbocycles. The molecule has 46 valence electrons. The van der Waals surface area contributed by atoms with Crippen molar-refractivity contribution in [3.05, 3.63) is 11.8 Å². The standard InChI is InChI=1S/C6H10OS/c1-7-6-2-4-8-5-3-6/h2H,3-5H2,1H3. The Labute approximate surface area is 54.1 Å². The maximum absolute atomic E-state index is 5.04. The van der Waals surface area contributed by atoms with Gasteiger partial charge in [-0.15, -0.1) is 0 Å². The zero-order chi connectivity index (χ0) is 5.82. The number of rotatable bonds is 1. The lowest BCUT2D eigenvalue weighted by Gasteiger charge is -2.09. The SMILES string of the molecule is COC1=CCSCC1. The molecule has 1 aliphatic rings.